The molecule has 0 N–H and O–H groups in total. The van der Waals surface area contributed by atoms with Crippen molar-refractivity contribution in [1.82, 2.24) is 9.78 Å². The molecule has 0 atom stereocenters. The molecule has 11 nitrogen and oxygen atoms in total. The van der Waals surface area contributed by atoms with Crippen LogP contribution in [0, 0.1) is 0 Å². The Bertz CT molecular complexity index is 895. The Hall–Kier alpha value is -2.41. The van der Waals surface area contributed by atoms with E-state index in [9.17, 15) is 0 Å². The van der Waals surface area contributed by atoms with Crippen LogP contribution in [0.5, 0.6) is 0 Å². The fourth-order valence-electron chi connectivity index (χ4n) is 2.35. The van der Waals surface area contributed by atoms with Crippen LogP contribution in [-0.4, -0.2) is 72.6 Å². The highest BCUT2D eigenvalue weighted by Gasteiger charge is 2.12. The average molecular weight is 428 g/mol. The van der Waals surface area contributed by atoms with E-state index in [1.54, 1.807) is 4.68 Å². The first-order chi connectivity index (χ1) is 13.3. The van der Waals surface area contributed by atoms with Crippen LogP contribution < -0.4 is 9.47 Å². The maximum absolute atomic E-state index is 8.52. The molecule has 0 fully saturated rings. The van der Waals surface area contributed by atoms with E-state index in [-0.39, 0.29) is 0 Å². The number of hydrogen-bond acceptors (Lipinski definition) is 8. The number of likely N-dealkylation sites (N-methyl/N-ethyl adjacent to an activating group) is 2. The van der Waals surface area contributed by atoms with Crippen LogP contribution in [0.25, 0.3) is 0 Å². The Kier molecular flexibility index (Phi) is 8.82. The third kappa shape index (κ3) is 10.6. The van der Waals surface area contributed by atoms with Crippen LogP contribution in [-0.2, 0) is 24.5 Å². The Morgan fingerprint density at radius 3 is 2.14 bits per heavy atom. The zero-order chi connectivity index (χ0) is 22.2. The highest BCUT2D eigenvalue weighted by Crippen LogP contribution is 2.21. The lowest BCUT2D eigenvalue weighted by Crippen LogP contribution is -2.42. The Morgan fingerprint density at radius 1 is 1.17 bits per heavy atom. The molecular weight excluding hydrogens is 398 g/mol. The number of aromatic nitrogens is 3. The molecule has 162 valence electrons. The number of quaternary nitrogens is 1. The van der Waals surface area contributed by atoms with Crippen molar-refractivity contribution in [3.05, 3.63) is 30.6 Å². The number of nitrogens with zero attached hydrogens (tertiary/aromatic N) is 7. The fourth-order valence-corrected chi connectivity index (χ4v) is 2.35. The standard InChI is InChI=1S/C17H29N7.H2O4S/c1-7-23(12-13-24(4,5)6)16-10-8-15(9-11-16)18-19-17-20-22(3)14-21(17)2;1-5(2,3)4/h8-11,14H,7,12-13H2,1-6H3;(H2,1,2,3,4)/q+2;/p-2. The maximum Gasteiger partial charge on any atom is 0.435 e. The van der Waals surface area contributed by atoms with Crippen LogP contribution in [0.2, 0.25) is 0 Å². The van der Waals surface area contributed by atoms with Gasteiger partial charge in [-0.15, -0.1) is 4.68 Å². The summed E-state index contributed by atoms with van der Waals surface area (Å²) in [4.78, 5) is 2.38. The number of benzene rings is 1. The maximum atomic E-state index is 8.52. The van der Waals surface area contributed by atoms with Gasteiger partial charge in [-0.1, -0.05) is 5.11 Å². The summed E-state index contributed by atoms with van der Waals surface area (Å²) in [5, 5.41) is 12.7. The van der Waals surface area contributed by atoms with Crippen molar-refractivity contribution in [2.45, 2.75) is 6.92 Å². The number of aryl methyl sites for hydroxylation is 2. The van der Waals surface area contributed by atoms with Crippen molar-refractivity contribution in [1.29, 1.82) is 0 Å². The van der Waals surface area contributed by atoms with Crippen LogP contribution in [0.3, 0.4) is 0 Å². The van der Waals surface area contributed by atoms with Gasteiger partial charge in [0.25, 0.3) is 0 Å². The molecule has 0 bridgehead atoms. The van der Waals surface area contributed by atoms with Gasteiger partial charge in [0.1, 0.15) is 0 Å². The predicted molar refractivity (Wildman–Crippen MR) is 106 cm³/mol. The summed E-state index contributed by atoms with van der Waals surface area (Å²) in [6, 6.07) is 8.20. The van der Waals surface area contributed by atoms with Gasteiger partial charge in [0.2, 0.25) is 0 Å². The summed E-state index contributed by atoms with van der Waals surface area (Å²) in [6.07, 6.45) is 1.85. The Morgan fingerprint density at radius 2 is 1.72 bits per heavy atom. The zero-order valence-electron chi connectivity index (χ0n) is 17.7. The molecule has 0 aliphatic carbocycles. The van der Waals surface area contributed by atoms with Gasteiger partial charge in [-0.25, -0.2) is 4.57 Å². The molecule has 0 saturated carbocycles. The fraction of sp³-hybridized carbons (Fsp3) is 0.529. The second-order valence-electron chi connectivity index (χ2n) is 7.42. The van der Waals surface area contributed by atoms with Crippen LogP contribution in [0.4, 0.5) is 17.3 Å². The normalized spacial score (nSPS) is 12.0. The number of rotatable bonds is 7. The van der Waals surface area contributed by atoms with Crippen molar-refractivity contribution in [2.75, 3.05) is 45.7 Å². The number of hydrogen-bond donors (Lipinski definition) is 0. The monoisotopic (exact) mass is 427 g/mol. The van der Waals surface area contributed by atoms with Crippen molar-refractivity contribution in [3.63, 3.8) is 0 Å². The lowest BCUT2D eigenvalue weighted by atomic mass is 10.2. The first kappa shape index (κ1) is 24.6. The molecule has 2 rings (SSSR count). The minimum Gasteiger partial charge on any atom is -0.759 e. The predicted octanol–water partition coefficient (Wildman–Crippen LogP) is 0.855. The minimum absolute atomic E-state index is 0.583. The molecule has 0 aliphatic heterocycles. The lowest BCUT2D eigenvalue weighted by Gasteiger charge is -2.29. The molecule has 0 unspecified atom stereocenters. The van der Waals surface area contributed by atoms with E-state index < -0.39 is 10.4 Å². The van der Waals surface area contributed by atoms with Gasteiger partial charge in [0.15, 0.2) is 6.33 Å². The molecule has 0 radical (unpaired) electrons. The minimum atomic E-state index is -5.17. The summed E-state index contributed by atoms with van der Waals surface area (Å²) in [5.74, 6) is 0.583. The quantitative estimate of drug-likeness (QED) is 0.212. The van der Waals surface area contributed by atoms with Gasteiger partial charge in [0, 0.05) is 32.8 Å². The average Bonchev–Trinajstić information content (AvgIpc) is 2.89. The van der Waals surface area contributed by atoms with Crippen molar-refractivity contribution in [2.24, 2.45) is 24.3 Å². The molecule has 1 aromatic carbocycles. The van der Waals surface area contributed by atoms with Crippen molar-refractivity contribution >= 4 is 27.7 Å². The van der Waals surface area contributed by atoms with Crippen LogP contribution in [0.15, 0.2) is 40.8 Å². The largest absolute Gasteiger partial charge is 0.759 e. The van der Waals surface area contributed by atoms with Gasteiger partial charge in [-0.2, -0.15) is 0 Å². The van der Waals surface area contributed by atoms with Crippen LogP contribution >= 0.6 is 0 Å². The molecule has 1 aromatic heterocycles. The van der Waals surface area contributed by atoms with E-state index in [2.05, 4.69) is 60.4 Å². The SMILES string of the molecule is CCN(CC[N+](C)(C)C)c1ccc(N=Nc2nn(C)c[n+]2C)cc1.O=S(=O)([O-])[O-]. The van der Waals surface area contributed by atoms with Crippen LogP contribution in [0.1, 0.15) is 6.92 Å². The Balaban J connectivity index is 0.000000749. The highest BCUT2D eigenvalue weighted by atomic mass is 32.3. The molecule has 1 heterocycles. The van der Waals surface area contributed by atoms with Gasteiger partial charge in [0.05, 0.1) is 54.0 Å². The van der Waals surface area contributed by atoms with Crippen molar-refractivity contribution in [3.8, 4) is 0 Å². The van der Waals surface area contributed by atoms with Gasteiger partial charge in [-0.3, -0.25) is 8.42 Å². The molecular formula is C17H29N7O4S. The molecule has 0 saturated heterocycles. The second-order valence-corrected chi connectivity index (χ2v) is 8.23. The summed E-state index contributed by atoms with van der Waals surface area (Å²) in [7, 11) is 5.25. The molecule has 0 aliphatic rings. The van der Waals surface area contributed by atoms with Gasteiger partial charge < -0.3 is 18.5 Å². The summed E-state index contributed by atoms with van der Waals surface area (Å²) in [6.45, 7) is 5.31. The van der Waals surface area contributed by atoms with E-state index in [4.69, 9.17) is 17.5 Å². The second kappa shape index (κ2) is 10.4. The van der Waals surface area contributed by atoms with Gasteiger partial charge in [-0.05, 0) is 31.2 Å². The first-order valence-corrected chi connectivity index (χ1v) is 10.2. The number of anilines is 1. The third-order valence-electron chi connectivity index (χ3n) is 3.80. The zero-order valence-corrected chi connectivity index (χ0v) is 18.5. The molecule has 12 heteroatoms. The van der Waals surface area contributed by atoms with E-state index >= 15 is 0 Å². The Labute approximate surface area is 172 Å². The summed E-state index contributed by atoms with van der Waals surface area (Å²) in [5.41, 5.74) is 2.04. The smallest absolute Gasteiger partial charge is 0.435 e. The number of azo groups is 1. The van der Waals surface area contributed by atoms with E-state index in [1.165, 1.54) is 5.69 Å². The molecule has 2 aromatic rings. The molecule has 0 spiro atoms. The summed E-state index contributed by atoms with van der Waals surface area (Å²) >= 11 is 0. The van der Waals surface area contributed by atoms with E-state index in [0.717, 1.165) is 29.8 Å². The summed E-state index contributed by atoms with van der Waals surface area (Å²) < 4.78 is 38.6. The van der Waals surface area contributed by atoms with Crippen molar-refractivity contribution < 1.29 is 26.6 Å². The molecule has 0 amide bonds. The van der Waals surface area contributed by atoms with E-state index in [0.29, 0.717) is 5.95 Å². The lowest BCUT2D eigenvalue weighted by molar-refractivity contribution is -0.868. The first-order valence-electron chi connectivity index (χ1n) is 8.91. The van der Waals surface area contributed by atoms with Gasteiger partial charge >= 0.3 is 5.95 Å². The molecule has 29 heavy (non-hydrogen) atoms. The third-order valence-corrected chi connectivity index (χ3v) is 3.80. The topological polar surface area (TPSA) is 130 Å². The highest BCUT2D eigenvalue weighted by molar-refractivity contribution is 7.79. The van der Waals surface area contributed by atoms with E-state index in [1.807, 2.05) is 37.1 Å².